The molecule has 110 valence electrons. The van der Waals surface area contributed by atoms with Gasteiger partial charge in [0, 0.05) is 17.2 Å². The second kappa shape index (κ2) is 5.39. The molecule has 0 saturated carbocycles. The molecule has 0 aliphatic heterocycles. The van der Waals surface area contributed by atoms with E-state index in [9.17, 15) is 9.59 Å². The Balaban J connectivity index is 3.41. The summed E-state index contributed by atoms with van der Waals surface area (Å²) in [7, 11) is 1.34. The minimum atomic E-state index is -0.414. The van der Waals surface area contributed by atoms with E-state index in [1.165, 1.54) is 13.2 Å². The number of carbonyl (C=O) groups is 2. The number of esters is 1. The van der Waals surface area contributed by atoms with Crippen LogP contribution in [0.25, 0.3) is 0 Å². The van der Waals surface area contributed by atoms with Crippen LogP contribution < -0.4 is 0 Å². The summed E-state index contributed by atoms with van der Waals surface area (Å²) in [6.45, 7) is 12.0. The molecule has 0 atom stereocenters. The number of hydrogen-bond acceptors (Lipinski definition) is 3. The summed E-state index contributed by atoms with van der Waals surface area (Å²) in [4.78, 5) is 24.1. The molecule has 0 saturated heterocycles. The Hall–Kier alpha value is -1.64. The Kier molecular flexibility index (Phi) is 4.42. The number of Topliss-reactive ketones (excluding diaryl/α,β-unsaturated/α-hetero) is 1. The first-order chi connectivity index (χ1) is 8.96. The van der Waals surface area contributed by atoms with Crippen LogP contribution >= 0.6 is 0 Å². The highest BCUT2D eigenvalue weighted by Gasteiger charge is 2.34. The monoisotopic (exact) mass is 276 g/mol. The summed E-state index contributed by atoms with van der Waals surface area (Å²) >= 11 is 0. The summed E-state index contributed by atoms with van der Waals surface area (Å²) < 4.78 is 4.66. The lowest BCUT2D eigenvalue weighted by atomic mass is 9.72. The molecule has 3 nitrogen and oxygen atoms in total. The minimum absolute atomic E-state index is 0.0621. The molecule has 0 fully saturated rings. The fourth-order valence-corrected chi connectivity index (χ4v) is 2.04. The average Bonchev–Trinajstić information content (AvgIpc) is 2.28. The fourth-order valence-electron chi connectivity index (χ4n) is 2.04. The van der Waals surface area contributed by atoms with Crippen molar-refractivity contribution in [2.75, 3.05) is 7.11 Å². The average molecular weight is 276 g/mol. The van der Waals surface area contributed by atoms with Gasteiger partial charge in [0.2, 0.25) is 0 Å². The van der Waals surface area contributed by atoms with Crippen molar-refractivity contribution in [1.29, 1.82) is 0 Å². The Morgan fingerprint density at radius 3 is 1.70 bits per heavy atom. The topological polar surface area (TPSA) is 43.4 Å². The van der Waals surface area contributed by atoms with Crippen LogP contribution in [0.4, 0.5) is 0 Å². The molecule has 1 rings (SSSR count). The van der Waals surface area contributed by atoms with E-state index in [-0.39, 0.29) is 16.6 Å². The summed E-state index contributed by atoms with van der Waals surface area (Å²) in [6, 6.07) is 0. The van der Waals surface area contributed by atoms with Crippen molar-refractivity contribution in [3.05, 3.63) is 34.9 Å². The van der Waals surface area contributed by atoms with E-state index in [4.69, 9.17) is 0 Å². The Morgan fingerprint density at radius 2 is 1.40 bits per heavy atom. The molecule has 0 heterocycles. The predicted molar refractivity (Wildman–Crippen MR) is 80.2 cm³/mol. The number of hydrogen-bond donors (Lipinski definition) is 0. The van der Waals surface area contributed by atoms with E-state index >= 15 is 0 Å². The molecular formula is C17H24O3. The third-order valence-electron chi connectivity index (χ3n) is 3.21. The lowest BCUT2D eigenvalue weighted by Gasteiger charge is -2.31. The van der Waals surface area contributed by atoms with Gasteiger partial charge in [-0.15, -0.1) is 0 Å². The molecule has 0 radical (unpaired) electrons. The van der Waals surface area contributed by atoms with Gasteiger partial charge < -0.3 is 4.74 Å². The molecular weight excluding hydrogens is 252 g/mol. The van der Waals surface area contributed by atoms with E-state index in [1.54, 1.807) is 12.2 Å². The Labute approximate surface area is 121 Å². The van der Waals surface area contributed by atoms with Gasteiger partial charge in [-0.2, -0.15) is 0 Å². The lowest BCUT2D eigenvalue weighted by molar-refractivity contribution is -0.134. The van der Waals surface area contributed by atoms with E-state index in [1.807, 2.05) is 41.5 Å². The molecule has 0 amide bonds. The zero-order chi connectivity index (χ0) is 15.7. The van der Waals surface area contributed by atoms with Crippen molar-refractivity contribution in [3.63, 3.8) is 0 Å². The first-order valence-electron chi connectivity index (χ1n) is 6.75. The van der Waals surface area contributed by atoms with Gasteiger partial charge >= 0.3 is 5.97 Å². The standard InChI is InChI=1S/C17H24O3/c1-16(2,3)12-8-11(10-14(18)20-7)9-13(15(12)19)17(4,5)6/h8-10H,1-7H3. The van der Waals surface area contributed by atoms with Gasteiger partial charge in [0.05, 0.1) is 7.11 Å². The maximum Gasteiger partial charge on any atom is 0.331 e. The normalized spacial score (nSPS) is 16.6. The summed E-state index contributed by atoms with van der Waals surface area (Å²) in [5.74, 6) is -0.351. The van der Waals surface area contributed by atoms with Crippen LogP contribution in [0.15, 0.2) is 34.9 Å². The molecule has 0 aromatic carbocycles. The predicted octanol–water partition coefficient (Wildman–Crippen LogP) is 3.61. The van der Waals surface area contributed by atoms with E-state index in [2.05, 4.69) is 4.74 Å². The maximum absolute atomic E-state index is 12.6. The molecule has 0 bridgehead atoms. The van der Waals surface area contributed by atoms with Crippen LogP contribution in [0.5, 0.6) is 0 Å². The SMILES string of the molecule is COC(=O)C=C1C=C(C(C)(C)C)C(=O)C(C(C)(C)C)=C1. The highest BCUT2D eigenvalue weighted by Crippen LogP contribution is 2.38. The van der Waals surface area contributed by atoms with Gasteiger partial charge in [-0.1, -0.05) is 41.5 Å². The first kappa shape index (κ1) is 16.4. The van der Waals surface area contributed by atoms with Gasteiger partial charge in [-0.3, -0.25) is 4.79 Å². The number of methoxy groups -OCH3 is 1. The van der Waals surface area contributed by atoms with Gasteiger partial charge in [0.1, 0.15) is 0 Å². The van der Waals surface area contributed by atoms with Crippen LogP contribution in [0.1, 0.15) is 41.5 Å². The molecule has 0 aromatic rings. The van der Waals surface area contributed by atoms with Crippen LogP contribution in [-0.4, -0.2) is 18.9 Å². The first-order valence-corrected chi connectivity index (χ1v) is 6.75. The highest BCUT2D eigenvalue weighted by molar-refractivity contribution is 6.12. The quantitative estimate of drug-likeness (QED) is 0.543. The number of allylic oxidation sites excluding steroid dienone is 5. The van der Waals surface area contributed by atoms with Crippen molar-refractivity contribution in [3.8, 4) is 0 Å². The molecule has 3 heteroatoms. The van der Waals surface area contributed by atoms with Crippen LogP contribution in [0.3, 0.4) is 0 Å². The van der Waals surface area contributed by atoms with Crippen LogP contribution in [-0.2, 0) is 14.3 Å². The van der Waals surface area contributed by atoms with E-state index in [0.717, 1.165) is 11.1 Å². The van der Waals surface area contributed by atoms with Gasteiger partial charge in [0.25, 0.3) is 0 Å². The molecule has 1 aliphatic carbocycles. The minimum Gasteiger partial charge on any atom is -0.466 e. The smallest absolute Gasteiger partial charge is 0.331 e. The summed E-state index contributed by atoms with van der Waals surface area (Å²) in [5.41, 5.74) is 1.63. The maximum atomic E-state index is 12.6. The van der Waals surface area contributed by atoms with Crippen LogP contribution in [0.2, 0.25) is 0 Å². The summed E-state index contributed by atoms with van der Waals surface area (Å²) in [5, 5.41) is 0. The molecule has 0 spiro atoms. The number of ketones is 1. The van der Waals surface area contributed by atoms with Crippen molar-refractivity contribution in [2.45, 2.75) is 41.5 Å². The van der Waals surface area contributed by atoms with Crippen LogP contribution in [0, 0.1) is 10.8 Å². The van der Waals surface area contributed by atoms with Crippen molar-refractivity contribution >= 4 is 11.8 Å². The molecule has 1 aliphatic rings. The van der Waals surface area contributed by atoms with Gasteiger partial charge in [-0.05, 0) is 28.6 Å². The largest absolute Gasteiger partial charge is 0.466 e. The third kappa shape index (κ3) is 3.69. The zero-order valence-corrected chi connectivity index (χ0v) is 13.5. The Morgan fingerprint density at radius 1 is 1.00 bits per heavy atom. The highest BCUT2D eigenvalue weighted by atomic mass is 16.5. The number of rotatable bonds is 1. The molecule has 20 heavy (non-hydrogen) atoms. The van der Waals surface area contributed by atoms with Crippen molar-refractivity contribution in [2.24, 2.45) is 10.8 Å². The second-order valence-electron chi connectivity index (χ2n) is 7.11. The van der Waals surface area contributed by atoms with Crippen molar-refractivity contribution < 1.29 is 14.3 Å². The third-order valence-corrected chi connectivity index (χ3v) is 3.21. The van der Waals surface area contributed by atoms with E-state index in [0.29, 0.717) is 5.57 Å². The zero-order valence-electron chi connectivity index (χ0n) is 13.5. The second-order valence-corrected chi connectivity index (χ2v) is 7.11. The van der Waals surface area contributed by atoms with Gasteiger partial charge in [0.15, 0.2) is 5.78 Å². The molecule has 0 aromatic heterocycles. The molecule has 0 unspecified atom stereocenters. The number of carbonyl (C=O) groups excluding carboxylic acids is 2. The van der Waals surface area contributed by atoms with Gasteiger partial charge in [-0.25, -0.2) is 4.79 Å². The summed E-state index contributed by atoms with van der Waals surface area (Å²) in [6.07, 6.45) is 4.99. The molecule has 0 N–H and O–H groups in total. The lowest BCUT2D eigenvalue weighted by Crippen LogP contribution is -2.28. The Bertz CT molecular complexity index is 481. The van der Waals surface area contributed by atoms with Crippen molar-refractivity contribution in [1.82, 2.24) is 0 Å². The number of ether oxygens (including phenoxy) is 1. The van der Waals surface area contributed by atoms with E-state index < -0.39 is 5.97 Å². The fraction of sp³-hybridized carbons (Fsp3) is 0.529.